The molecule has 17 heavy (non-hydrogen) atoms. The molecule has 1 aromatic carbocycles. The molecule has 0 amide bonds. The van der Waals surface area contributed by atoms with E-state index in [-0.39, 0.29) is 22.1 Å². The van der Waals surface area contributed by atoms with E-state index in [4.69, 9.17) is 9.52 Å². The van der Waals surface area contributed by atoms with Gasteiger partial charge in [0, 0.05) is 6.08 Å². The summed E-state index contributed by atoms with van der Waals surface area (Å²) in [6.07, 6.45) is 3.18. The molecule has 0 bridgehead atoms. The fraction of sp³-hybridized carbons (Fsp3) is 0. The van der Waals surface area contributed by atoms with Gasteiger partial charge < -0.3 is 14.6 Å². The lowest BCUT2D eigenvalue weighted by Crippen LogP contribution is -2.04. The van der Waals surface area contributed by atoms with Gasteiger partial charge in [-0.1, -0.05) is 0 Å². The number of hydrogen-bond acceptors (Lipinski definition) is 4. The van der Waals surface area contributed by atoms with E-state index in [2.05, 4.69) is 0 Å². The quantitative estimate of drug-likeness (QED) is 0.768. The third-order valence-electron chi connectivity index (χ3n) is 2.19. The van der Waals surface area contributed by atoms with E-state index >= 15 is 0 Å². The lowest BCUT2D eigenvalue weighted by Gasteiger charge is -1.98. The molecular formula is C12H8O5. The minimum Gasteiger partial charge on any atom is -0.508 e. The number of phenolic OH excluding ortho intramolecular Hbond substituents is 1. The Labute approximate surface area is 95.2 Å². The minimum absolute atomic E-state index is 0.0517. The number of carboxylic acid groups (broad SMARTS) is 1. The number of benzene rings is 1. The largest absolute Gasteiger partial charge is 0.508 e. The maximum Gasteiger partial charge on any atom is 0.328 e. The van der Waals surface area contributed by atoms with Gasteiger partial charge in [0.1, 0.15) is 17.6 Å². The average Bonchev–Trinajstić information content (AvgIpc) is 2.29. The molecule has 0 fully saturated rings. The van der Waals surface area contributed by atoms with Crippen LogP contribution in [0, 0.1) is 0 Å². The van der Waals surface area contributed by atoms with Gasteiger partial charge in [-0.15, -0.1) is 0 Å². The van der Waals surface area contributed by atoms with Gasteiger partial charge in [-0.2, -0.15) is 0 Å². The van der Waals surface area contributed by atoms with Crippen LogP contribution in [0.1, 0.15) is 5.56 Å². The zero-order valence-corrected chi connectivity index (χ0v) is 8.58. The molecular weight excluding hydrogens is 224 g/mol. The second-order valence-electron chi connectivity index (χ2n) is 3.37. The van der Waals surface area contributed by atoms with Crippen molar-refractivity contribution in [3.8, 4) is 5.75 Å². The van der Waals surface area contributed by atoms with Crippen molar-refractivity contribution >= 4 is 23.0 Å². The Balaban J connectivity index is 2.65. The predicted molar refractivity (Wildman–Crippen MR) is 60.8 cm³/mol. The molecule has 0 aliphatic carbocycles. The number of phenols is 1. The van der Waals surface area contributed by atoms with Crippen molar-refractivity contribution in [1.29, 1.82) is 0 Å². The summed E-state index contributed by atoms with van der Waals surface area (Å²) in [5.41, 5.74) is 0.0606. The summed E-state index contributed by atoms with van der Waals surface area (Å²) in [5, 5.41) is 17.9. The van der Waals surface area contributed by atoms with E-state index < -0.39 is 5.97 Å². The third kappa shape index (κ3) is 2.17. The van der Waals surface area contributed by atoms with Crippen LogP contribution >= 0.6 is 0 Å². The first-order valence-electron chi connectivity index (χ1n) is 4.73. The number of fused-ring (bicyclic) bond motifs is 1. The molecule has 0 saturated carbocycles. The molecule has 2 N–H and O–H groups in total. The molecule has 0 saturated heterocycles. The van der Waals surface area contributed by atoms with Crippen LogP contribution in [0.15, 0.2) is 39.7 Å². The van der Waals surface area contributed by atoms with E-state index in [0.717, 1.165) is 12.2 Å². The predicted octanol–water partition coefficient (Wildman–Crippen LogP) is 1.60. The summed E-state index contributed by atoms with van der Waals surface area (Å²) in [4.78, 5) is 22.2. The van der Waals surface area contributed by atoms with Crippen LogP contribution in [-0.4, -0.2) is 16.2 Å². The molecule has 0 atom stereocenters. The van der Waals surface area contributed by atoms with Crippen LogP contribution in [0.2, 0.25) is 0 Å². The highest BCUT2D eigenvalue weighted by atomic mass is 16.4. The molecule has 86 valence electrons. The summed E-state index contributed by atoms with van der Waals surface area (Å²) < 4.78 is 5.16. The Morgan fingerprint density at radius 3 is 2.82 bits per heavy atom. The molecule has 0 aliphatic heterocycles. The topological polar surface area (TPSA) is 87.7 Å². The lowest BCUT2D eigenvalue weighted by atomic mass is 10.1. The van der Waals surface area contributed by atoms with Gasteiger partial charge in [0.05, 0.1) is 10.9 Å². The first-order chi connectivity index (χ1) is 8.08. The Kier molecular flexibility index (Phi) is 2.66. The first-order valence-corrected chi connectivity index (χ1v) is 4.73. The fourth-order valence-electron chi connectivity index (χ4n) is 1.41. The number of rotatable bonds is 2. The Bertz CT molecular complexity index is 666. The van der Waals surface area contributed by atoms with E-state index in [1.165, 1.54) is 24.5 Å². The SMILES string of the molecule is O=C(O)/C=C/c1coc2ccc(O)cc2c1=O. The van der Waals surface area contributed by atoms with Gasteiger partial charge in [-0.3, -0.25) is 4.79 Å². The number of carbonyl (C=O) groups is 1. The van der Waals surface area contributed by atoms with E-state index in [9.17, 15) is 14.7 Å². The molecule has 0 aliphatic rings. The van der Waals surface area contributed by atoms with Crippen molar-refractivity contribution in [2.45, 2.75) is 0 Å². The molecule has 0 spiro atoms. The maximum absolute atomic E-state index is 11.9. The van der Waals surface area contributed by atoms with Crippen LogP contribution < -0.4 is 5.43 Å². The molecule has 5 nitrogen and oxygen atoms in total. The standard InChI is InChI=1S/C12H8O5/c13-8-2-3-10-9(5-8)12(16)7(6-17-10)1-4-11(14)15/h1-6,13H,(H,14,15)/b4-1+. The second kappa shape index (κ2) is 4.13. The monoisotopic (exact) mass is 232 g/mol. The first kappa shape index (κ1) is 10.9. The van der Waals surface area contributed by atoms with Gasteiger partial charge >= 0.3 is 5.97 Å². The van der Waals surface area contributed by atoms with E-state index in [0.29, 0.717) is 5.58 Å². The van der Waals surface area contributed by atoms with Crippen molar-refractivity contribution < 1.29 is 19.4 Å². The van der Waals surface area contributed by atoms with Crippen molar-refractivity contribution in [1.82, 2.24) is 0 Å². The normalized spacial score (nSPS) is 11.1. The summed E-state index contributed by atoms with van der Waals surface area (Å²) in [6, 6.07) is 4.15. The third-order valence-corrected chi connectivity index (χ3v) is 2.19. The van der Waals surface area contributed by atoms with E-state index in [1.54, 1.807) is 0 Å². The van der Waals surface area contributed by atoms with E-state index in [1.807, 2.05) is 0 Å². The van der Waals surface area contributed by atoms with Crippen molar-refractivity contribution in [3.05, 3.63) is 46.3 Å². The molecule has 2 rings (SSSR count). The lowest BCUT2D eigenvalue weighted by molar-refractivity contribution is -0.131. The Morgan fingerprint density at radius 1 is 1.35 bits per heavy atom. The van der Waals surface area contributed by atoms with Gasteiger partial charge in [0.15, 0.2) is 5.43 Å². The van der Waals surface area contributed by atoms with Crippen molar-refractivity contribution in [2.24, 2.45) is 0 Å². The Hall–Kier alpha value is -2.56. The van der Waals surface area contributed by atoms with Crippen LogP contribution in [0.4, 0.5) is 0 Å². The number of hydrogen-bond donors (Lipinski definition) is 2. The Morgan fingerprint density at radius 2 is 2.12 bits per heavy atom. The molecule has 0 radical (unpaired) electrons. The maximum atomic E-state index is 11.9. The summed E-state index contributed by atoms with van der Waals surface area (Å²) in [5.74, 6) is -1.20. The van der Waals surface area contributed by atoms with Crippen LogP contribution in [-0.2, 0) is 4.79 Å². The molecule has 2 aromatic rings. The summed E-state index contributed by atoms with van der Waals surface area (Å²) in [6.45, 7) is 0. The van der Waals surface area contributed by atoms with Gasteiger partial charge in [0.25, 0.3) is 0 Å². The van der Waals surface area contributed by atoms with Crippen LogP contribution in [0.25, 0.3) is 17.0 Å². The molecule has 1 aromatic heterocycles. The highest BCUT2D eigenvalue weighted by Gasteiger charge is 2.05. The van der Waals surface area contributed by atoms with Gasteiger partial charge in [-0.25, -0.2) is 4.79 Å². The van der Waals surface area contributed by atoms with Crippen LogP contribution in [0.5, 0.6) is 5.75 Å². The number of carboxylic acids is 1. The van der Waals surface area contributed by atoms with Crippen molar-refractivity contribution in [3.63, 3.8) is 0 Å². The highest BCUT2D eigenvalue weighted by Crippen LogP contribution is 2.17. The number of aromatic hydroxyl groups is 1. The highest BCUT2D eigenvalue weighted by molar-refractivity contribution is 5.86. The summed E-state index contributed by atoms with van der Waals surface area (Å²) in [7, 11) is 0. The molecule has 1 heterocycles. The van der Waals surface area contributed by atoms with Crippen LogP contribution in [0.3, 0.4) is 0 Å². The zero-order valence-electron chi connectivity index (χ0n) is 8.58. The second-order valence-corrected chi connectivity index (χ2v) is 3.37. The average molecular weight is 232 g/mol. The number of aliphatic carboxylic acids is 1. The van der Waals surface area contributed by atoms with Crippen molar-refractivity contribution in [2.75, 3.05) is 0 Å². The van der Waals surface area contributed by atoms with Gasteiger partial charge in [0.2, 0.25) is 0 Å². The fourth-order valence-corrected chi connectivity index (χ4v) is 1.41. The molecule has 0 unspecified atom stereocenters. The minimum atomic E-state index is -1.15. The zero-order chi connectivity index (χ0) is 12.4. The molecule has 5 heteroatoms. The van der Waals surface area contributed by atoms with Gasteiger partial charge in [-0.05, 0) is 24.3 Å². The summed E-state index contributed by atoms with van der Waals surface area (Å²) >= 11 is 0. The smallest absolute Gasteiger partial charge is 0.328 e.